The molecule has 3 rings (SSSR count). The summed E-state index contributed by atoms with van der Waals surface area (Å²) in [7, 11) is 1.32. The molecule has 0 fully saturated rings. The smallest absolute Gasteiger partial charge is 0.338 e. The summed E-state index contributed by atoms with van der Waals surface area (Å²) in [4.78, 5) is 24.3. The van der Waals surface area contributed by atoms with E-state index in [2.05, 4.69) is 5.32 Å². The average Bonchev–Trinajstić information content (AvgIpc) is 3.21. The van der Waals surface area contributed by atoms with Gasteiger partial charge in [-0.05, 0) is 55.0 Å². The van der Waals surface area contributed by atoms with Crippen LogP contribution in [-0.2, 0) is 9.53 Å². The van der Waals surface area contributed by atoms with Crippen LogP contribution in [0.4, 0.5) is 5.69 Å². The fourth-order valence-electron chi connectivity index (χ4n) is 2.84. The number of carbonyl (C=O) groups is 2. The Balaban J connectivity index is 1.85. The first-order valence-corrected chi connectivity index (χ1v) is 8.93. The maximum atomic E-state index is 12.4. The molecule has 7 nitrogen and oxygen atoms in total. The van der Waals surface area contributed by atoms with Crippen molar-refractivity contribution < 1.29 is 23.8 Å². The second-order valence-electron chi connectivity index (χ2n) is 6.34. The summed E-state index contributed by atoms with van der Waals surface area (Å²) in [6.45, 7) is 1.78. The van der Waals surface area contributed by atoms with E-state index in [9.17, 15) is 20.0 Å². The number of methoxy groups -OCH3 is 1. The summed E-state index contributed by atoms with van der Waals surface area (Å²) in [5, 5.41) is 21.2. The van der Waals surface area contributed by atoms with E-state index in [0.29, 0.717) is 33.9 Å². The highest BCUT2D eigenvalue weighted by Crippen LogP contribution is 2.28. The number of esters is 1. The van der Waals surface area contributed by atoms with Gasteiger partial charge >= 0.3 is 5.97 Å². The van der Waals surface area contributed by atoms with Crippen LogP contribution in [-0.4, -0.2) is 24.1 Å². The van der Waals surface area contributed by atoms with Gasteiger partial charge in [-0.15, -0.1) is 0 Å². The molecule has 0 saturated carbocycles. The Labute approximate surface area is 172 Å². The standard InChI is InChI=1S/C23H18N2O5/c1-14-19(4-3-5-20(14)23(28)29-2)21-11-10-18(30-21)12-15(13-24)22(27)25-16-6-8-17(26)9-7-16/h3-12,26H,1-2H3,(H,25,27)/b15-12-. The Morgan fingerprint density at radius 3 is 2.53 bits per heavy atom. The third-order valence-electron chi connectivity index (χ3n) is 4.41. The molecule has 0 atom stereocenters. The largest absolute Gasteiger partial charge is 0.508 e. The Morgan fingerprint density at radius 2 is 1.87 bits per heavy atom. The topological polar surface area (TPSA) is 113 Å². The normalized spacial score (nSPS) is 10.9. The molecule has 0 aliphatic carbocycles. The molecule has 1 amide bonds. The van der Waals surface area contributed by atoms with Crippen LogP contribution in [0.25, 0.3) is 17.4 Å². The van der Waals surface area contributed by atoms with Gasteiger partial charge in [-0.3, -0.25) is 4.79 Å². The second-order valence-corrected chi connectivity index (χ2v) is 6.34. The lowest BCUT2D eigenvalue weighted by atomic mass is 10.0. The van der Waals surface area contributed by atoms with Crippen LogP contribution < -0.4 is 5.32 Å². The number of amides is 1. The van der Waals surface area contributed by atoms with E-state index in [1.54, 1.807) is 37.3 Å². The van der Waals surface area contributed by atoms with Crippen molar-refractivity contribution in [2.75, 3.05) is 12.4 Å². The Hall–Kier alpha value is -4.31. The van der Waals surface area contributed by atoms with Crippen LogP contribution in [0, 0.1) is 18.3 Å². The van der Waals surface area contributed by atoms with Gasteiger partial charge in [0.05, 0.1) is 12.7 Å². The molecule has 0 unspecified atom stereocenters. The fourth-order valence-corrected chi connectivity index (χ4v) is 2.84. The van der Waals surface area contributed by atoms with E-state index >= 15 is 0 Å². The number of hydrogen-bond acceptors (Lipinski definition) is 6. The minimum atomic E-state index is -0.606. The van der Waals surface area contributed by atoms with E-state index in [4.69, 9.17) is 9.15 Å². The summed E-state index contributed by atoms with van der Waals surface area (Å²) in [5.41, 5.74) is 2.11. The van der Waals surface area contributed by atoms with Crippen molar-refractivity contribution in [3.05, 3.63) is 77.1 Å². The molecule has 2 N–H and O–H groups in total. The SMILES string of the molecule is COC(=O)c1cccc(-c2ccc(/C=C(/C#N)C(=O)Nc3ccc(O)cc3)o2)c1C. The second kappa shape index (κ2) is 8.80. The zero-order valence-electron chi connectivity index (χ0n) is 16.3. The predicted octanol–water partition coefficient (Wildman–Crippen LogP) is 4.29. The number of ether oxygens (including phenoxy) is 1. The highest BCUT2D eigenvalue weighted by atomic mass is 16.5. The Bertz CT molecular complexity index is 1170. The molecular weight excluding hydrogens is 384 g/mol. The molecule has 0 spiro atoms. The molecule has 0 aliphatic rings. The molecule has 150 valence electrons. The first-order valence-electron chi connectivity index (χ1n) is 8.93. The van der Waals surface area contributed by atoms with Crippen LogP contribution in [0.2, 0.25) is 0 Å². The van der Waals surface area contributed by atoms with E-state index in [1.807, 2.05) is 6.07 Å². The molecular formula is C23H18N2O5. The number of aromatic hydroxyl groups is 1. The third kappa shape index (κ3) is 4.39. The maximum Gasteiger partial charge on any atom is 0.338 e. The lowest BCUT2D eigenvalue weighted by Crippen LogP contribution is -2.13. The number of rotatable bonds is 5. The number of phenolic OH excluding ortho intramolecular Hbond substituents is 1. The predicted molar refractivity (Wildman–Crippen MR) is 111 cm³/mol. The van der Waals surface area contributed by atoms with Gasteiger partial charge in [-0.2, -0.15) is 5.26 Å². The van der Waals surface area contributed by atoms with Crippen molar-refractivity contribution >= 4 is 23.6 Å². The molecule has 1 aromatic heterocycles. The Kier molecular flexibility index (Phi) is 5.99. The fraction of sp³-hybridized carbons (Fsp3) is 0.0870. The van der Waals surface area contributed by atoms with Gasteiger partial charge in [0, 0.05) is 17.3 Å². The third-order valence-corrected chi connectivity index (χ3v) is 4.41. The lowest BCUT2D eigenvalue weighted by molar-refractivity contribution is -0.112. The zero-order chi connectivity index (χ0) is 21.7. The zero-order valence-corrected chi connectivity index (χ0v) is 16.3. The van der Waals surface area contributed by atoms with Gasteiger partial charge in [0.15, 0.2) is 0 Å². The highest BCUT2D eigenvalue weighted by molar-refractivity contribution is 6.09. The highest BCUT2D eigenvalue weighted by Gasteiger charge is 2.16. The van der Waals surface area contributed by atoms with Crippen molar-refractivity contribution in [2.24, 2.45) is 0 Å². The molecule has 2 aromatic carbocycles. The Morgan fingerprint density at radius 1 is 1.13 bits per heavy atom. The van der Waals surface area contributed by atoms with Crippen molar-refractivity contribution in [1.29, 1.82) is 5.26 Å². The van der Waals surface area contributed by atoms with E-state index < -0.39 is 11.9 Å². The van der Waals surface area contributed by atoms with Crippen LogP contribution in [0.15, 0.2) is 64.6 Å². The van der Waals surface area contributed by atoms with Gasteiger partial charge < -0.3 is 19.6 Å². The molecule has 30 heavy (non-hydrogen) atoms. The van der Waals surface area contributed by atoms with Crippen molar-refractivity contribution in [2.45, 2.75) is 6.92 Å². The first-order chi connectivity index (χ1) is 14.4. The number of nitrogens with one attached hydrogen (secondary N) is 1. The first kappa shape index (κ1) is 20.4. The van der Waals surface area contributed by atoms with Gasteiger partial charge in [-0.1, -0.05) is 12.1 Å². The summed E-state index contributed by atoms with van der Waals surface area (Å²) < 4.78 is 10.6. The van der Waals surface area contributed by atoms with Crippen molar-refractivity contribution in [1.82, 2.24) is 0 Å². The van der Waals surface area contributed by atoms with E-state index in [0.717, 1.165) is 0 Å². The number of furan rings is 1. The van der Waals surface area contributed by atoms with Crippen LogP contribution in [0.3, 0.4) is 0 Å². The minimum absolute atomic E-state index is 0.0683. The summed E-state index contributed by atoms with van der Waals surface area (Å²) >= 11 is 0. The summed E-state index contributed by atoms with van der Waals surface area (Å²) in [6, 6.07) is 16.3. The van der Waals surface area contributed by atoms with Gasteiger partial charge in [0.2, 0.25) is 0 Å². The number of phenols is 1. The van der Waals surface area contributed by atoms with Gasteiger partial charge in [-0.25, -0.2) is 4.79 Å². The van der Waals surface area contributed by atoms with Crippen molar-refractivity contribution in [3.8, 4) is 23.1 Å². The molecule has 0 bridgehead atoms. The summed E-state index contributed by atoms with van der Waals surface area (Å²) in [5.74, 6) is -0.187. The van der Waals surface area contributed by atoms with Gasteiger partial charge in [0.25, 0.3) is 5.91 Å². The molecule has 0 aliphatic heterocycles. The monoisotopic (exact) mass is 402 g/mol. The molecule has 7 heteroatoms. The molecule has 0 saturated heterocycles. The molecule has 3 aromatic rings. The van der Waals surface area contributed by atoms with Crippen LogP contribution in [0.5, 0.6) is 5.75 Å². The summed E-state index contributed by atoms with van der Waals surface area (Å²) in [6.07, 6.45) is 1.33. The van der Waals surface area contributed by atoms with Gasteiger partial charge in [0.1, 0.15) is 28.9 Å². The van der Waals surface area contributed by atoms with Crippen LogP contribution >= 0.6 is 0 Å². The average molecular weight is 402 g/mol. The molecule has 1 heterocycles. The maximum absolute atomic E-state index is 12.4. The number of hydrogen-bond donors (Lipinski definition) is 2. The van der Waals surface area contributed by atoms with Crippen LogP contribution in [0.1, 0.15) is 21.7 Å². The lowest BCUT2D eigenvalue weighted by Gasteiger charge is -2.07. The number of carbonyl (C=O) groups excluding carboxylic acids is 2. The molecule has 0 radical (unpaired) electrons. The van der Waals surface area contributed by atoms with Crippen molar-refractivity contribution in [3.63, 3.8) is 0 Å². The number of anilines is 1. The quantitative estimate of drug-likeness (QED) is 0.285. The number of nitrogens with zero attached hydrogens (tertiary/aromatic N) is 1. The minimum Gasteiger partial charge on any atom is -0.508 e. The van der Waals surface area contributed by atoms with E-state index in [1.165, 1.54) is 37.5 Å². The number of nitriles is 1. The van der Waals surface area contributed by atoms with E-state index in [-0.39, 0.29) is 11.3 Å². The number of benzene rings is 2.